The quantitative estimate of drug-likeness (QED) is 0.405. The molecule has 10 heteroatoms. The Morgan fingerprint density at radius 3 is 2.35 bits per heavy atom. The van der Waals surface area contributed by atoms with Crippen molar-refractivity contribution in [3.63, 3.8) is 0 Å². The fraction of sp³-hybridized carbons (Fsp3) is 0.417. The number of ether oxygens (including phenoxy) is 2. The lowest BCUT2D eigenvalue weighted by Crippen LogP contribution is -2.31. The number of pyridine rings is 1. The second kappa shape index (κ2) is 10.9. The van der Waals surface area contributed by atoms with Crippen molar-refractivity contribution in [3.8, 4) is 45.7 Å². The molecule has 0 unspecified atom stereocenters. The molecular weight excluding hydrogens is 440 g/mol. The van der Waals surface area contributed by atoms with Gasteiger partial charge in [0.1, 0.15) is 29.2 Å². The van der Waals surface area contributed by atoms with Crippen LogP contribution in [0.3, 0.4) is 0 Å². The molecule has 0 aliphatic rings. The molecule has 3 rings (SSSR count). The van der Waals surface area contributed by atoms with Gasteiger partial charge in [-0.1, -0.05) is 19.4 Å². The number of benzene rings is 1. The van der Waals surface area contributed by atoms with Crippen LogP contribution in [-0.4, -0.2) is 51.6 Å². The van der Waals surface area contributed by atoms with Gasteiger partial charge in [-0.15, -0.1) is 10.2 Å². The largest absolute Gasteiger partial charge is 0.506 e. The molecule has 0 radical (unpaired) electrons. The standard InChI is InChI=1S/C24H30N4O6/c1-6-7-9-14-19(20-15(32-4)10-8-11-16(20)33-5)22(30)21(23(31)26-14)24-28-27-18(34-24)12-17(29)25-13(2)3/h8,10-11,13H,6-7,9,12H2,1-5H3,(H,25,29)(H2,26,30,31). The average molecular weight is 471 g/mol. The van der Waals surface area contributed by atoms with Crippen LogP contribution >= 0.6 is 0 Å². The first-order valence-electron chi connectivity index (χ1n) is 11.1. The highest BCUT2D eigenvalue weighted by atomic mass is 16.5. The van der Waals surface area contributed by atoms with Gasteiger partial charge in [-0.05, 0) is 38.8 Å². The molecule has 0 atom stereocenters. The highest BCUT2D eigenvalue weighted by Crippen LogP contribution is 2.49. The number of amides is 1. The Labute approximate surface area is 198 Å². The predicted molar refractivity (Wildman–Crippen MR) is 125 cm³/mol. The maximum absolute atomic E-state index is 12.0. The molecule has 2 aromatic heterocycles. The molecule has 10 nitrogen and oxygen atoms in total. The maximum Gasteiger partial charge on any atom is 0.257 e. The van der Waals surface area contributed by atoms with Gasteiger partial charge < -0.3 is 29.4 Å². The fourth-order valence-electron chi connectivity index (χ4n) is 3.63. The molecule has 34 heavy (non-hydrogen) atoms. The first kappa shape index (κ1) is 24.8. The van der Waals surface area contributed by atoms with Crippen LogP contribution in [0.2, 0.25) is 0 Å². The third-order valence-corrected chi connectivity index (χ3v) is 5.11. The van der Waals surface area contributed by atoms with Crippen molar-refractivity contribution in [1.82, 2.24) is 20.5 Å². The summed E-state index contributed by atoms with van der Waals surface area (Å²) in [6.07, 6.45) is 2.03. The van der Waals surface area contributed by atoms with Crippen LogP contribution < -0.4 is 14.8 Å². The van der Waals surface area contributed by atoms with E-state index in [0.717, 1.165) is 12.8 Å². The summed E-state index contributed by atoms with van der Waals surface area (Å²) in [6.45, 7) is 5.71. The van der Waals surface area contributed by atoms with Crippen molar-refractivity contribution in [2.45, 2.75) is 52.5 Å². The van der Waals surface area contributed by atoms with E-state index in [4.69, 9.17) is 13.9 Å². The minimum atomic E-state index is -0.456. The molecule has 3 N–H and O–H groups in total. The van der Waals surface area contributed by atoms with E-state index in [9.17, 15) is 15.0 Å². The van der Waals surface area contributed by atoms with Gasteiger partial charge in [0.25, 0.3) is 5.89 Å². The second-order valence-electron chi connectivity index (χ2n) is 8.02. The van der Waals surface area contributed by atoms with Gasteiger partial charge in [0.2, 0.25) is 17.7 Å². The van der Waals surface area contributed by atoms with Crippen LogP contribution in [0.5, 0.6) is 23.1 Å². The van der Waals surface area contributed by atoms with E-state index in [0.29, 0.717) is 34.7 Å². The number of nitrogens with one attached hydrogen (secondary N) is 1. The van der Waals surface area contributed by atoms with Gasteiger partial charge in [-0.3, -0.25) is 4.79 Å². The van der Waals surface area contributed by atoms with E-state index >= 15 is 0 Å². The van der Waals surface area contributed by atoms with Crippen LogP contribution in [0.1, 0.15) is 45.2 Å². The van der Waals surface area contributed by atoms with Gasteiger partial charge in [-0.25, -0.2) is 4.98 Å². The van der Waals surface area contributed by atoms with E-state index in [1.54, 1.807) is 18.2 Å². The summed E-state index contributed by atoms with van der Waals surface area (Å²) in [6, 6.07) is 5.21. The van der Waals surface area contributed by atoms with Crippen LogP contribution in [0, 0.1) is 0 Å². The van der Waals surface area contributed by atoms with Crippen molar-refractivity contribution in [1.29, 1.82) is 0 Å². The number of aryl methyl sites for hydroxylation is 1. The number of hydrogen-bond acceptors (Lipinski definition) is 9. The van der Waals surface area contributed by atoms with E-state index in [1.807, 2.05) is 20.8 Å². The molecule has 1 amide bonds. The monoisotopic (exact) mass is 470 g/mol. The summed E-state index contributed by atoms with van der Waals surface area (Å²) >= 11 is 0. The highest BCUT2D eigenvalue weighted by molar-refractivity contribution is 5.88. The second-order valence-corrected chi connectivity index (χ2v) is 8.02. The molecule has 0 spiro atoms. The normalized spacial score (nSPS) is 11.0. The Morgan fingerprint density at radius 1 is 1.09 bits per heavy atom. The van der Waals surface area contributed by atoms with Crippen molar-refractivity contribution in [2.75, 3.05) is 14.2 Å². The summed E-state index contributed by atoms with van der Waals surface area (Å²) in [4.78, 5) is 16.4. The molecular formula is C24H30N4O6. The minimum absolute atomic E-state index is 0.0402. The SMILES string of the molecule is CCCCc1nc(O)c(-c2nnc(CC(=O)NC(C)C)o2)c(O)c1-c1c(OC)cccc1OC. The lowest BCUT2D eigenvalue weighted by Gasteiger charge is -2.18. The zero-order valence-corrected chi connectivity index (χ0v) is 20.0. The highest BCUT2D eigenvalue weighted by Gasteiger charge is 2.29. The molecule has 0 fully saturated rings. The Kier molecular flexibility index (Phi) is 7.93. The number of unbranched alkanes of at least 4 members (excludes halogenated alkanes) is 1. The molecule has 0 aliphatic heterocycles. The number of carbonyl (C=O) groups excluding carboxylic acids is 1. The van der Waals surface area contributed by atoms with Gasteiger partial charge in [0.05, 0.1) is 31.0 Å². The maximum atomic E-state index is 12.0. The van der Waals surface area contributed by atoms with Gasteiger partial charge in [-0.2, -0.15) is 0 Å². The predicted octanol–water partition coefficient (Wildman–Crippen LogP) is 3.64. The van der Waals surface area contributed by atoms with Gasteiger partial charge in [0.15, 0.2) is 0 Å². The number of rotatable bonds is 10. The van der Waals surface area contributed by atoms with Crippen molar-refractivity contribution in [3.05, 3.63) is 29.8 Å². The lowest BCUT2D eigenvalue weighted by molar-refractivity contribution is -0.121. The summed E-state index contributed by atoms with van der Waals surface area (Å²) in [5, 5.41) is 32.7. The Bertz CT molecular complexity index is 1140. The van der Waals surface area contributed by atoms with E-state index in [2.05, 4.69) is 20.5 Å². The molecule has 182 valence electrons. The van der Waals surface area contributed by atoms with Gasteiger partial charge in [0, 0.05) is 6.04 Å². The molecule has 0 saturated heterocycles. The topological polar surface area (TPSA) is 140 Å². The first-order valence-corrected chi connectivity index (χ1v) is 11.1. The Morgan fingerprint density at radius 2 is 1.76 bits per heavy atom. The van der Waals surface area contributed by atoms with Crippen LogP contribution in [-0.2, 0) is 17.6 Å². The average Bonchev–Trinajstić information content (AvgIpc) is 3.24. The molecule has 0 bridgehead atoms. The smallest absolute Gasteiger partial charge is 0.257 e. The summed E-state index contributed by atoms with van der Waals surface area (Å²) in [7, 11) is 3.03. The van der Waals surface area contributed by atoms with E-state index < -0.39 is 5.88 Å². The molecule has 3 aromatic rings. The van der Waals surface area contributed by atoms with Crippen molar-refractivity contribution in [2.24, 2.45) is 0 Å². The Balaban J connectivity index is 2.17. The molecule has 0 saturated carbocycles. The van der Waals surface area contributed by atoms with Gasteiger partial charge >= 0.3 is 0 Å². The van der Waals surface area contributed by atoms with Crippen LogP contribution in [0.15, 0.2) is 22.6 Å². The fourth-order valence-corrected chi connectivity index (χ4v) is 3.63. The first-order chi connectivity index (χ1) is 16.3. The number of aromatic nitrogens is 3. The Hall–Kier alpha value is -3.82. The number of hydrogen-bond donors (Lipinski definition) is 3. The minimum Gasteiger partial charge on any atom is -0.506 e. The molecule has 0 aliphatic carbocycles. The zero-order chi connectivity index (χ0) is 24.8. The molecule has 1 aromatic carbocycles. The van der Waals surface area contributed by atoms with E-state index in [-0.39, 0.29) is 41.5 Å². The number of nitrogens with zero attached hydrogens (tertiary/aromatic N) is 3. The summed E-state index contributed by atoms with van der Waals surface area (Å²) in [5.41, 5.74) is 1.17. The van der Waals surface area contributed by atoms with Crippen LogP contribution in [0.25, 0.3) is 22.6 Å². The van der Waals surface area contributed by atoms with Crippen molar-refractivity contribution < 1.29 is 28.9 Å². The molecule has 2 heterocycles. The number of aromatic hydroxyl groups is 2. The third kappa shape index (κ3) is 5.22. The zero-order valence-electron chi connectivity index (χ0n) is 20.0. The summed E-state index contributed by atoms with van der Waals surface area (Å²) < 4.78 is 16.7. The van der Waals surface area contributed by atoms with E-state index in [1.165, 1.54) is 14.2 Å². The lowest BCUT2D eigenvalue weighted by atomic mass is 9.95. The number of methoxy groups -OCH3 is 2. The summed E-state index contributed by atoms with van der Waals surface area (Å²) in [5.74, 6) is -0.243. The van der Waals surface area contributed by atoms with Crippen LogP contribution in [0.4, 0.5) is 0 Å². The number of carbonyl (C=O) groups is 1. The third-order valence-electron chi connectivity index (χ3n) is 5.11. The van der Waals surface area contributed by atoms with Crippen molar-refractivity contribution >= 4 is 5.91 Å².